The Morgan fingerprint density at radius 3 is 2.24 bits per heavy atom. The van der Waals surface area contributed by atoms with Crippen LogP contribution in [0.5, 0.6) is 5.75 Å². The first-order chi connectivity index (χ1) is 10.8. The molecule has 0 spiro atoms. The van der Waals surface area contributed by atoms with E-state index in [9.17, 15) is 4.79 Å². The van der Waals surface area contributed by atoms with Crippen LogP contribution in [0.4, 0.5) is 5.69 Å². The molecule has 1 saturated heterocycles. The predicted octanol–water partition coefficient (Wildman–Crippen LogP) is 2.95. The maximum atomic E-state index is 12.5. The average molecular weight is 392 g/mol. The Labute approximate surface area is 163 Å². The fourth-order valence-electron chi connectivity index (χ4n) is 2.73. The van der Waals surface area contributed by atoms with E-state index >= 15 is 0 Å². The van der Waals surface area contributed by atoms with Crippen LogP contribution in [0.3, 0.4) is 0 Å². The molecule has 0 unspecified atom stereocenters. The molecular weight excluding hydrogens is 361 g/mol. The zero-order valence-electron chi connectivity index (χ0n) is 15.5. The summed E-state index contributed by atoms with van der Waals surface area (Å²) in [5, 5.41) is 0. The van der Waals surface area contributed by atoms with Crippen molar-refractivity contribution in [3.8, 4) is 5.75 Å². The van der Waals surface area contributed by atoms with Crippen LogP contribution in [-0.2, 0) is 4.79 Å². The van der Waals surface area contributed by atoms with E-state index in [2.05, 4.69) is 11.0 Å². The largest absolute Gasteiger partial charge is 0.492 e. The van der Waals surface area contributed by atoms with E-state index in [0.29, 0.717) is 19.7 Å². The van der Waals surface area contributed by atoms with Gasteiger partial charge in [-0.3, -0.25) is 4.79 Å². The summed E-state index contributed by atoms with van der Waals surface area (Å²) in [6.45, 7) is 11.6. The number of amides is 1. The summed E-state index contributed by atoms with van der Waals surface area (Å²) in [4.78, 5) is 16.7. The van der Waals surface area contributed by atoms with Gasteiger partial charge in [0.25, 0.3) is 0 Å². The molecule has 7 heteroatoms. The number of halogens is 2. The Morgan fingerprint density at radius 1 is 1.16 bits per heavy atom. The van der Waals surface area contributed by atoms with Crippen LogP contribution in [0.1, 0.15) is 27.7 Å². The molecule has 0 aromatic heterocycles. The standard InChI is InChI=1S/C18H29N3O2.2ClH/c1-5-23-15-9-7-6-8-14(15)20-10-12-21(13-11-20)17(22)16(19)18(2,3)4;;/h6-9,16H,5,10-13,19H2,1-4H3;2*1H/t16-;;/m1../s1. The molecule has 0 bridgehead atoms. The molecule has 144 valence electrons. The molecule has 1 aromatic carbocycles. The van der Waals surface area contributed by atoms with Crippen LogP contribution in [0, 0.1) is 5.41 Å². The number of nitrogens with zero attached hydrogens (tertiary/aromatic N) is 2. The first-order valence-corrected chi connectivity index (χ1v) is 8.35. The first-order valence-electron chi connectivity index (χ1n) is 8.35. The maximum Gasteiger partial charge on any atom is 0.240 e. The second-order valence-electron chi connectivity index (χ2n) is 7.06. The van der Waals surface area contributed by atoms with E-state index in [1.165, 1.54) is 0 Å². The van der Waals surface area contributed by atoms with Gasteiger partial charge < -0.3 is 20.3 Å². The maximum absolute atomic E-state index is 12.5. The lowest BCUT2D eigenvalue weighted by Crippen LogP contribution is -2.56. The number of hydrogen-bond donors (Lipinski definition) is 1. The third kappa shape index (κ3) is 5.94. The van der Waals surface area contributed by atoms with Gasteiger partial charge >= 0.3 is 0 Å². The number of para-hydroxylation sites is 2. The number of carbonyl (C=O) groups excluding carboxylic acids is 1. The number of anilines is 1. The van der Waals surface area contributed by atoms with Crippen molar-refractivity contribution in [3.63, 3.8) is 0 Å². The van der Waals surface area contributed by atoms with E-state index in [-0.39, 0.29) is 36.1 Å². The molecular formula is C18H31Cl2N3O2. The molecule has 1 aliphatic heterocycles. The summed E-state index contributed by atoms with van der Waals surface area (Å²) < 4.78 is 5.71. The lowest BCUT2D eigenvalue weighted by Gasteiger charge is -2.39. The van der Waals surface area contributed by atoms with Crippen LogP contribution in [0.15, 0.2) is 24.3 Å². The molecule has 5 nitrogen and oxygen atoms in total. The molecule has 0 saturated carbocycles. The average Bonchev–Trinajstić information content (AvgIpc) is 2.54. The number of ether oxygens (including phenoxy) is 1. The van der Waals surface area contributed by atoms with Crippen molar-refractivity contribution in [1.29, 1.82) is 0 Å². The molecule has 1 amide bonds. The van der Waals surface area contributed by atoms with Crippen molar-refractivity contribution >= 4 is 36.4 Å². The van der Waals surface area contributed by atoms with E-state index in [1.807, 2.05) is 50.8 Å². The number of carbonyl (C=O) groups is 1. The van der Waals surface area contributed by atoms with Gasteiger partial charge in [0.1, 0.15) is 5.75 Å². The van der Waals surface area contributed by atoms with Gasteiger partial charge in [-0.25, -0.2) is 0 Å². The van der Waals surface area contributed by atoms with Crippen LogP contribution in [-0.4, -0.2) is 49.6 Å². The molecule has 2 N–H and O–H groups in total. The van der Waals surface area contributed by atoms with Gasteiger partial charge in [-0.15, -0.1) is 24.8 Å². The van der Waals surface area contributed by atoms with Gasteiger partial charge in [0.2, 0.25) is 5.91 Å². The molecule has 0 radical (unpaired) electrons. The molecule has 2 rings (SSSR count). The third-order valence-electron chi connectivity index (χ3n) is 4.30. The van der Waals surface area contributed by atoms with Crippen LogP contribution < -0.4 is 15.4 Å². The van der Waals surface area contributed by atoms with Crippen LogP contribution >= 0.6 is 24.8 Å². The number of benzene rings is 1. The monoisotopic (exact) mass is 391 g/mol. The first kappa shape index (κ1) is 23.8. The summed E-state index contributed by atoms with van der Waals surface area (Å²) in [5.41, 5.74) is 7.00. The number of rotatable bonds is 4. The summed E-state index contributed by atoms with van der Waals surface area (Å²) >= 11 is 0. The lowest BCUT2D eigenvalue weighted by atomic mass is 9.86. The number of nitrogens with two attached hydrogens (primary N) is 1. The van der Waals surface area contributed by atoms with Crippen molar-refractivity contribution < 1.29 is 9.53 Å². The van der Waals surface area contributed by atoms with Crippen molar-refractivity contribution in [2.45, 2.75) is 33.7 Å². The fraction of sp³-hybridized carbons (Fsp3) is 0.611. The van der Waals surface area contributed by atoms with E-state index in [1.54, 1.807) is 0 Å². The predicted molar refractivity (Wildman–Crippen MR) is 108 cm³/mol. The highest BCUT2D eigenvalue weighted by atomic mass is 35.5. The Kier molecular flexibility index (Phi) is 9.62. The highest BCUT2D eigenvalue weighted by Gasteiger charge is 2.32. The van der Waals surface area contributed by atoms with Gasteiger partial charge in [-0.2, -0.15) is 0 Å². The molecule has 1 fully saturated rings. The lowest BCUT2D eigenvalue weighted by molar-refractivity contribution is -0.135. The van der Waals surface area contributed by atoms with E-state index in [4.69, 9.17) is 10.5 Å². The number of hydrogen-bond acceptors (Lipinski definition) is 4. The van der Waals surface area contributed by atoms with Crippen LogP contribution in [0.2, 0.25) is 0 Å². The topological polar surface area (TPSA) is 58.8 Å². The summed E-state index contributed by atoms with van der Waals surface area (Å²) in [6, 6.07) is 7.61. The normalized spacial score (nSPS) is 15.7. The van der Waals surface area contributed by atoms with Gasteiger partial charge in [0.15, 0.2) is 0 Å². The van der Waals surface area contributed by atoms with Crippen molar-refractivity contribution in [2.24, 2.45) is 11.1 Å². The van der Waals surface area contributed by atoms with E-state index < -0.39 is 6.04 Å². The minimum absolute atomic E-state index is 0. The van der Waals surface area contributed by atoms with Gasteiger partial charge in [0, 0.05) is 26.2 Å². The Balaban J connectivity index is 0.00000288. The minimum atomic E-state index is -0.454. The van der Waals surface area contributed by atoms with E-state index in [0.717, 1.165) is 24.5 Å². The van der Waals surface area contributed by atoms with Crippen LogP contribution in [0.25, 0.3) is 0 Å². The molecule has 1 aliphatic rings. The molecule has 0 aliphatic carbocycles. The molecule has 1 heterocycles. The molecule has 1 atom stereocenters. The summed E-state index contributed by atoms with van der Waals surface area (Å²) in [7, 11) is 0. The smallest absolute Gasteiger partial charge is 0.240 e. The Morgan fingerprint density at radius 2 is 1.72 bits per heavy atom. The highest BCUT2D eigenvalue weighted by Crippen LogP contribution is 2.29. The number of piperazine rings is 1. The fourth-order valence-corrected chi connectivity index (χ4v) is 2.73. The zero-order valence-corrected chi connectivity index (χ0v) is 17.2. The van der Waals surface area contributed by atoms with Crippen molar-refractivity contribution in [2.75, 3.05) is 37.7 Å². The Hall–Kier alpha value is -1.17. The minimum Gasteiger partial charge on any atom is -0.492 e. The molecule has 1 aromatic rings. The van der Waals surface area contributed by atoms with Gasteiger partial charge in [-0.1, -0.05) is 32.9 Å². The molecule has 25 heavy (non-hydrogen) atoms. The van der Waals surface area contributed by atoms with Crippen molar-refractivity contribution in [3.05, 3.63) is 24.3 Å². The summed E-state index contributed by atoms with van der Waals surface area (Å²) in [6.07, 6.45) is 0. The summed E-state index contributed by atoms with van der Waals surface area (Å²) in [5.74, 6) is 0.955. The second-order valence-corrected chi connectivity index (χ2v) is 7.06. The quantitative estimate of drug-likeness (QED) is 0.856. The second kappa shape index (κ2) is 10.1. The Bertz CT molecular complexity index is 541. The zero-order chi connectivity index (χ0) is 17.0. The van der Waals surface area contributed by atoms with Gasteiger partial charge in [-0.05, 0) is 24.5 Å². The van der Waals surface area contributed by atoms with Gasteiger partial charge in [0.05, 0.1) is 18.3 Å². The highest BCUT2D eigenvalue weighted by molar-refractivity contribution is 5.85. The van der Waals surface area contributed by atoms with Crippen molar-refractivity contribution in [1.82, 2.24) is 4.90 Å². The third-order valence-corrected chi connectivity index (χ3v) is 4.30. The SMILES string of the molecule is CCOc1ccccc1N1CCN(C(=O)[C@@H](N)C(C)(C)C)CC1.Cl.Cl.